The number of pyridine rings is 1. The Morgan fingerprint density at radius 1 is 1.37 bits per heavy atom. The maximum Gasteiger partial charge on any atom is 0.208 e. The van der Waals surface area contributed by atoms with Crippen molar-refractivity contribution in [1.29, 1.82) is 0 Å². The van der Waals surface area contributed by atoms with E-state index in [1.807, 2.05) is 19.1 Å². The van der Waals surface area contributed by atoms with Crippen LogP contribution in [-0.2, 0) is 5.75 Å². The van der Waals surface area contributed by atoms with Crippen molar-refractivity contribution < 1.29 is 0 Å². The lowest BCUT2D eigenvalue weighted by Gasteiger charge is -2.07. The molecule has 2 aromatic heterocycles. The van der Waals surface area contributed by atoms with Gasteiger partial charge in [-0.2, -0.15) is 0 Å². The molecule has 0 unspecified atom stereocenters. The van der Waals surface area contributed by atoms with Crippen molar-refractivity contribution in [1.82, 2.24) is 20.2 Å². The predicted molar refractivity (Wildman–Crippen MR) is 78.7 cm³/mol. The summed E-state index contributed by atoms with van der Waals surface area (Å²) in [7, 11) is 0. The first-order chi connectivity index (χ1) is 9.19. The highest BCUT2D eigenvalue weighted by molar-refractivity contribution is 7.98. The Balaban J connectivity index is 2.02. The molecule has 0 aliphatic carbocycles. The summed E-state index contributed by atoms with van der Waals surface area (Å²) in [5, 5.41) is 11.5. The Bertz CT molecular complexity index is 543. The fourth-order valence-corrected chi connectivity index (χ4v) is 2.51. The lowest BCUT2D eigenvalue weighted by atomic mass is 10.3. The molecule has 102 valence electrons. The SMILES string of the molecule is CCCNc1ccc(Cl)c(CSc2n[nH]c(C)n2)n1. The van der Waals surface area contributed by atoms with E-state index < -0.39 is 0 Å². The molecular formula is C12H16ClN5S. The Hall–Kier alpha value is -1.27. The minimum atomic E-state index is 0.651. The number of aryl methyl sites for hydroxylation is 1. The molecule has 5 nitrogen and oxygen atoms in total. The number of aromatic nitrogens is 4. The standard InChI is InChI=1S/C12H16ClN5S/c1-3-6-14-11-5-4-9(13)10(16-11)7-19-12-15-8(2)17-18-12/h4-5H,3,6-7H2,1-2H3,(H,14,16)(H,15,17,18). The molecule has 2 N–H and O–H groups in total. The van der Waals surface area contributed by atoms with Crippen LogP contribution < -0.4 is 5.32 Å². The third kappa shape index (κ3) is 4.11. The maximum absolute atomic E-state index is 6.15. The van der Waals surface area contributed by atoms with Crippen LogP contribution in [0.15, 0.2) is 17.3 Å². The molecule has 0 aliphatic rings. The van der Waals surface area contributed by atoms with Crippen molar-refractivity contribution in [3.8, 4) is 0 Å². The van der Waals surface area contributed by atoms with Crippen LogP contribution >= 0.6 is 23.4 Å². The van der Waals surface area contributed by atoms with Gasteiger partial charge in [-0.05, 0) is 25.5 Å². The molecule has 0 aliphatic heterocycles. The molecule has 2 aromatic rings. The number of nitrogens with one attached hydrogen (secondary N) is 2. The van der Waals surface area contributed by atoms with Gasteiger partial charge in [0.1, 0.15) is 11.6 Å². The van der Waals surface area contributed by atoms with Crippen molar-refractivity contribution >= 4 is 29.2 Å². The van der Waals surface area contributed by atoms with Gasteiger partial charge in [-0.1, -0.05) is 30.3 Å². The van der Waals surface area contributed by atoms with Crippen LogP contribution in [0.1, 0.15) is 24.9 Å². The van der Waals surface area contributed by atoms with Crippen molar-refractivity contribution in [2.75, 3.05) is 11.9 Å². The Morgan fingerprint density at radius 3 is 2.89 bits per heavy atom. The van der Waals surface area contributed by atoms with E-state index in [0.29, 0.717) is 15.9 Å². The van der Waals surface area contributed by atoms with Crippen LogP contribution in [-0.4, -0.2) is 26.7 Å². The van der Waals surface area contributed by atoms with Crippen LogP contribution in [0.5, 0.6) is 0 Å². The molecule has 0 spiro atoms. The van der Waals surface area contributed by atoms with Gasteiger partial charge in [0, 0.05) is 12.3 Å². The Labute approximate surface area is 121 Å². The molecular weight excluding hydrogens is 282 g/mol. The number of aromatic amines is 1. The predicted octanol–water partition coefficient (Wildman–Crippen LogP) is 3.28. The van der Waals surface area contributed by atoms with Crippen molar-refractivity contribution in [2.45, 2.75) is 31.2 Å². The van der Waals surface area contributed by atoms with E-state index in [2.05, 4.69) is 32.4 Å². The highest BCUT2D eigenvalue weighted by atomic mass is 35.5. The highest BCUT2D eigenvalue weighted by Crippen LogP contribution is 2.24. The average Bonchev–Trinajstić information content (AvgIpc) is 2.82. The quantitative estimate of drug-likeness (QED) is 0.801. The summed E-state index contributed by atoms with van der Waals surface area (Å²) < 4.78 is 0. The Kier molecular flexibility index (Phi) is 5.04. The summed E-state index contributed by atoms with van der Waals surface area (Å²) in [6.45, 7) is 4.89. The number of H-pyrrole nitrogens is 1. The van der Waals surface area contributed by atoms with E-state index in [0.717, 1.165) is 30.3 Å². The van der Waals surface area contributed by atoms with E-state index in [9.17, 15) is 0 Å². The summed E-state index contributed by atoms with van der Waals surface area (Å²) in [4.78, 5) is 8.74. The summed E-state index contributed by atoms with van der Waals surface area (Å²) in [5.41, 5.74) is 0.843. The van der Waals surface area contributed by atoms with Gasteiger partial charge in [0.15, 0.2) is 0 Å². The van der Waals surface area contributed by atoms with Crippen LogP contribution in [0.2, 0.25) is 5.02 Å². The van der Waals surface area contributed by atoms with Crippen LogP contribution in [0.4, 0.5) is 5.82 Å². The third-order valence-electron chi connectivity index (χ3n) is 2.39. The first kappa shape index (κ1) is 14.1. The molecule has 0 bridgehead atoms. The molecule has 2 rings (SSSR count). The fourth-order valence-electron chi connectivity index (χ4n) is 1.46. The van der Waals surface area contributed by atoms with Gasteiger partial charge >= 0.3 is 0 Å². The van der Waals surface area contributed by atoms with Gasteiger partial charge in [0.25, 0.3) is 0 Å². The third-order valence-corrected chi connectivity index (χ3v) is 3.59. The molecule has 0 atom stereocenters. The second-order valence-electron chi connectivity index (χ2n) is 4.04. The zero-order valence-electron chi connectivity index (χ0n) is 10.9. The van der Waals surface area contributed by atoms with Gasteiger partial charge in [-0.25, -0.2) is 9.97 Å². The molecule has 0 aromatic carbocycles. The van der Waals surface area contributed by atoms with E-state index in [1.54, 1.807) is 0 Å². The molecule has 0 radical (unpaired) electrons. The largest absolute Gasteiger partial charge is 0.370 e. The smallest absolute Gasteiger partial charge is 0.208 e. The topological polar surface area (TPSA) is 66.5 Å². The second kappa shape index (κ2) is 6.77. The van der Waals surface area contributed by atoms with Gasteiger partial charge in [-0.15, -0.1) is 5.10 Å². The van der Waals surface area contributed by atoms with Crippen LogP contribution in [0.3, 0.4) is 0 Å². The van der Waals surface area contributed by atoms with E-state index in [4.69, 9.17) is 11.6 Å². The molecule has 19 heavy (non-hydrogen) atoms. The van der Waals surface area contributed by atoms with Gasteiger partial charge in [0.05, 0.1) is 10.7 Å². The minimum absolute atomic E-state index is 0.651. The van der Waals surface area contributed by atoms with Gasteiger partial charge in [-0.3, -0.25) is 5.10 Å². The zero-order valence-corrected chi connectivity index (χ0v) is 12.5. The number of hydrogen-bond acceptors (Lipinski definition) is 5. The number of hydrogen-bond donors (Lipinski definition) is 2. The van der Waals surface area contributed by atoms with Crippen LogP contribution in [0.25, 0.3) is 0 Å². The second-order valence-corrected chi connectivity index (χ2v) is 5.39. The number of rotatable bonds is 6. The molecule has 0 saturated carbocycles. The molecule has 7 heteroatoms. The number of thioether (sulfide) groups is 1. The van der Waals surface area contributed by atoms with Crippen molar-refractivity contribution in [2.24, 2.45) is 0 Å². The summed E-state index contributed by atoms with van der Waals surface area (Å²) in [5.74, 6) is 2.31. The Morgan fingerprint density at radius 2 is 2.21 bits per heavy atom. The molecule has 0 fully saturated rings. The van der Waals surface area contributed by atoms with Crippen molar-refractivity contribution in [3.05, 3.63) is 28.7 Å². The van der Waals surface area contributed by atoms with Gasteiger partial charge in [0.2, 0.25) is 5.16 Å². The maximum atomic E-state index is 6.15. The normalized spacial score (nSPS) is 10.7. The van der Waals surface area contributed by atoms with Crippen LogP contribution in [0, 0.1) is 6.92 Å². The molecule has 2 heterocycles. The number of halogens is 1. The average molecular weight is 298 g/mol. The minimum Gasteiger partial charge on any atom is -0.370 e. The summed E-state index contributed by atoms with van der Waals surface area (Å²) in [6, 6.07) is 3.76. The van der Waals surface area contributed by atoms with E-state index in [-0.39, 0.29) is 0 Å². The number of nitrogens with zero attached hydrogens (tertiary/aromatic N) is 3. The molecule has 0 saturated heterocycles. The highest BCUT2D eigenvalue weighted by Gasteiger charge is 2.07. The first-order valence-electron chi connectivity index (χ1n) is 6.10. The lowest BCUT2D eigenvalue weighted by molar-refractivity contribution is 0.960. The fraction of sp³-hybridized carbons (Fsp3) is 0.417. The first-order valence-corrected chi connectivity index (χ1v) is 7.46. The van der Waals surface area contributed by atoms with E-state index >= 15 is 0 Å². The zero-order chi connectivity index (χ0) is 13.7. The van der Waals surface area contributed by atoms with Crippen molar-refractivity contribution in [3.63, 3.8) is 0 Å². The number of anilines is 1. The van der Waals surface area contributed by atoms with Gasteiger partial charge < -0.3 is 5.32 Å². The summed E-state index contributed by atoms with van der Waals surface area (Å²) >= 11 is 7.66. The van der Waals surface area contributed by atoms with E-state index in [1.165, 1.54) is 11.8 Å². The monoisotopic (exact) mass is 297 g/mol. The lowest BCUT2D eigenvalue weighted by Crippen LogP contribution is -2.03. The molecule has 0 amide bonds. The summed E-state index contributed by atoms with van der Waals surface area (Å²) in [6.07, 6.45) is 1.06.